The molecule has 0 radical (unpaired) electrons. The van der Waals surface area contributed by atoms with Gasteiger partial charge in [-0.1, -0.05) is 6.92 Å². The van der Waals surface area contributed by atoms with Crippen molar-refractivity contribution in [3.05, 3.63) is 18.0 Å². The summed E-state index contributed by atoms with van der Waals surface area (Å²) in [5.41, 5.74) is 6.43. The van der Waals surface area contributed by atoms with Crippen molar-refractivity contribution < 1.29 is 8.42 Å². The predicted molar refractivity (Wildman–Crippen MR) is 78.6 cm³/mol. The normalized spacial score (nSPS) is 25.7. The van der Waals surface area contributed by atoms with E-state index < -0.39 is 10.0 Å². The third kappa shape index (κ3) is 2.69. The number of nitrogens with two attached hydrogens (primary N) is 1. The molecule has 0 saturated carbocycles. The molecule has 19 heavy (non-hydrogen) atoms. The van der Waals surface area contributed by atoms with Crippen LogP contribution in [0.25, 0.3) is 0 Å². The lowest BCUT2D eigenvalue weighted by molar-refractivity contribution is 0.340. The van der Waals surface area contributed by atoms with E-state index in [1.807, 2.05) is 25.7 Å². The number of aryl methyl sites for hydroxylation is 1. The average Bonchev–Trinajstić information content (AvgIpc) is 2.74. The van der Waals surface area contributed by atoms with Gasteiger partial charge < -0.3 is 10.3 Å². The quantitative estimate of drug-likeness (QED) is 0.904. The molecule has 7 heteroatoms. The van der Waals surface area contributed by atoms with Crippen LogP contribution >= 0.6 is 11.8 Å². The Morgan fingerprint density at radius 2 is 2.16 bits per heavy atom. The maximum atomic E-state index is 12.7. The second-order valence-electron chi connectivity index (χ2n) is 4.91. The summed E-state index contributed by atoms with van der Waals surface area (Å²) >= 11 is 1.82. The Bertz CT molecular complexity index is 553. The molecule has 0 bridgehead atoms. The average molecular weight is 303 g/mol. The van der Waals surface area contributed by atoms with Gasteiger partial charge in [-0.05, 0) is 13.0 Å². The number of nitrogens with zero attached hydrogens (tertiary/aromatic N) is 2. The van der Waals surface area contributed by atoms with E-state index in [0.717, 1.165) is 11.4 Å². The first-order chi connectivity index (χ1) is 8.87. The fraction of sp³-hybridized carbons (Fsp3) is 0.667. The Balaban J connectivity index is 2.35. The lowest BCUT2D eigenvalue weighted by Gasteiger charge is -2.36. The Morgan fingerprint density at radius 3 is 2.74 bits per heavy atom. The molecule has 108 valence electrons. The second kappa shape index (κ2) is 5.47. The molecule has 0 aliphatic carbocycles. The SMILES string of the molecule is CC1SCCN(S(=O)(=O)c2cc(CN)n(C)c2)C1C. The van der Waals surface area contributed by atoms with Gasteiger partial charge in [0.25, 0.3) is 0 Å². The highest BCUT2D eigenvalue weighted by Crippen LogP contribution is 2.29. The van der Waals surface area contributed by atoms with Crippen molar-refractivity contribution in [3.63, 3.8) is 0 Å². The van der Waals surface area contributed by atoms with E-state index in [1.165, 1.54) is 0 Å². The number of sulfonamides is 1. The Kier molecular flexibility index (Phi) is 4.29. The molecule has 1 saturated heterocycles. The summed E-state index contributed by atoms with van der Waals surface area (Å²) in [7, 11) is -1.59. The molecule has 1 aliphatic heterocycles. The zero-order chi connectivity index (χ0) is 14.2. The minimum Gasteiger partial charge on any atom is -0.352 e. The summed E-state index contributed by atoms with van der Waals surface area (Å²) in [6.45, 7) is 4.97. The van der Waals surface area contributed by atoms with Crippen molar-refractivity contribution in [1.82, 2.24) is 8.87 Å². The number of hydrogen-bond donors (Lipinski definition) is 1. The molecule has 0 amide bonds. The largest absolute Gasteiger partial charge is 0.352 e. The number of aromatic nitrogens is 1. The van der Waals surface area contributed by atoms with Crippen molar-refractivity contribution in [2.75, 3.05) is 12.3 Å². The van der Waals surface area contributed by atoms with Crippen LogP contribution in [0.15, 0.2) is 17.2 Å². The summed E-state index contributed by atoms with van der Waals surface area (Å²) < 4.78 is 28.8. The van der Waals surface area contributed by atoms with Crippen molar-refractivity contribution in [2.45, 2.75) is 36.6 Å². The number of hydrogen-bond acceptors (Lipinski definition) is 4. The van der Waals surface area contributed by atoms with E-state index in [-0.39, 0.29) is 6.04 Å². The van der Waals surface area contributed by atoms with Crippen molar-refractivity contribution in [3.8, 4) is 0 Å². The molecule has 2 unspecified atom stereocenters. The van der Waals surface area contributed by atoms with Gasteiger partial charge in [-0.3, -0.25) is 0 Å². The maximum absolute atomic E-state index is 12.7. The first-order valence-electron chi connectivity index (χ1n) is 6.36. The van der Waals surface area contributed by atoms with Crippen LogP contribution in [0.1, 0.15) is 19.5 Å². The van der Waals surface area contributed by atoms with Crippen LogP contribution in [-0.4, -0.2) is 40.9 Å². The third-order valence-electron chi connectivity index (χ3n) is 3.72. The molecular formula is C12H21N3O2S2. The van der Waals surface area contributed by atoms with Gasteiger partial charge in [0.15, 0.2) is 0 Å². The van der Waals surface area contributed by atoms with E-state index in [9.17, 15) is 8.42 Å². The molecule has 1 aliphatic rings. The number of rotatable bonds is 3. The van der Waals surface area contributed by atoms with Gasteiger partial charge in [0.05, 0.1) is 0 Å². The highest BCUT2D eigenvalue weighted by Gasteiger charge is 2.35. The van der Waals surface area contributed by atoms with Gasteiger partial charge in [-0.15, -0.1) is 0 Å². The van der Waals surface area contributed by atoms with Crippen LogP contribution in [-0.2, 0) is 23.6 Å². The molecule has 2 rings (SSSR count). The van der Waals surface area contributed by atoms with E-state index in [0.29, 0.717) is 23.2 Å². The molecular weight excluding hydrogens is 282 g/mol. The lowest BCUT2D eigenvalue weighted by atomic mass is 10.2. The van der Waals surface area contributed by atoms with Crippen LogP contribution in [0.5, 0.6) is 0 Å². The minimum absolute atomic E-state index is 0.0188. The zero-order valence-electron chi connectivity index (χ0n) is 11.5. The monoisotopic (exact) mass is 303 g/mol. The van der Waals surface area contributed by atoms with Crippen LogP contribution in [0.4, 0.5) is 0 Å². The standard InChI is InChI=1S/C12H21N3O2S2/c1-9-10(2)18-5-4-15(9)19(16,17)12-6-11(7-13)14(3)8-12/h6,8-10H,4-5,7,13H2,1-3H3. The molecule has 0 aromatic carbocycles. The number of thioether (sulfide) groups is 1. The maximum Gasteiger partial charge on any atom is 0.244 e. The minimum atomic E-state index is -3.41. The molecule has 2 atom stereocenters. The fourth-order valence-corrected chi connectivity index (χ4v) is 5.39. The van der Waals surface area contributed by atoms with Gasteiger partial charge >= 0.3 is 0 Å². The molecule has 0 spiro atoms. The Hall–Kier alpha value is -0.500. The van der Waals surface area contributed by atoms with Crippen molar-refractivity contribution in [1.29, 1.82) is 0 Å². The summed E-state index contributed by atoms with van der Waals surface area (Å²) in [5, 5.41) is 0.321. The molecule has 2 heterocycles. The van der Waals surface area contributed by atoms with Crippen molar-refractivity contribution >= 4 is 21.8 Å². The highest BCUT2D eigenvalue weighted by molar-refractivity contribution is 8.00. The molecule has 1 aromatic heterocycles. The van der Waals surface area contributed by atoms with E-state index in [1.54, 1.807) is 21.1 Å². The molecule has 5 nitrogen and oxygen atoms in total. The van der Waals surface area contributed by atoms with E-state index >= 15 is 0 Å². The first kappa shape index (κ1) is 14.9. The first-order valence-corrected chi connectivity index (χ1v) is 8.85. The summed E-state index contributed by atoms with van der Waals surface area (Å²) in [6, 6.07) is 1.69. The van der Waals surface area contributed by atoms with Crippen LogP contribution < -0.4 is 5.73 Å². The summed E-state index contributed by atoms with van der Waals surface area (Å²) in [4.78, 5) is 0.349. The highest BCUT2D eigenvalue weighted by atomic mass is 32.2. The predicted octanol–water partition coefficient (Wildman–Crippen LogP) is 0.998. The van der Waals surface area contributed by atoms with Crippen LogP contribution in [0, 0.1) is 0 Å². The van der Waals surface area contributed by atoms with Gasteiger partial charge in [-0.2, -0.15) is 16.1 Å². The van der Waals surface area contributed by atoms with E-state index in [4.69, 9.17) is 5.73 Å². The van der Waals surface area contributed by atoms with E-state index in [2.05, 4.69) is 6.92 Å². The Morgan fingerprint density at radius 1 is 1.47 bits per heavy atom. The second-order valence-corrected chi connectivity index (χ2v) is 8.29. The van der Waals surface area contributed by atoms with Gasteiger partial charge in [0, 0.05) is 49.1 Å². The molecule has 1 fully saturated rings. The smallest absolute Gasteiger partial charge is 0.244 e. The van der Waals surface area contributed by atoms with Gasteiger partial charge in [-0.25, -0.2) is 8.42 Å². The topological polar surface area (TPSA) is 68.3 Å². The third-order valence-corrected chi connectivity index (χ3v) is 7.01. The summed E-state index contributed by atoms with van der Waals surface area (Å²) in [5.74, 6) is 0.849. The van der Waals surface area contributed by atoms with Gasteiger partial charge in [0.1, 0.15) is 4.90 Å². The van der Waals surface area contributed by atoms with Crippen LogP contribution in [0.3, 0.4) is 0 Å². The van der Waals surface area contributed by atoms with Crippen molar-refractivity contribution in [2.24, 2.45) is 12.8 Å². The molecule has 1 aromatic rings. The molecule has 2 N–H and O–H groups in total. The van der Waals surface area contributed by atoms with Gasteiger partial charge in [0.2, 0.25) is 10.0 Å². The lowest BCUT2D eigenvalue weighted by Crippen LogP contribution is -2.47. The zero-order valence-corrected chi connectivity index (χ0v) is 13.2. The van der Waals surface area contributed by atoms with Crippen LogP contribution in [0.2, 0.25) is 0 Å². The Labute approximate surface area is 119 Å². The summed E-state index contributed by atoms with van der Waals surface area (Å²) in [6.07, 6.45) is 1.65. The fourth-order valence-electron chi connectivity index (χ4n) is 2.30.